The monoisotopic (exact) mass is 345 g/mol. The third kappa shape index (κ3) is 3.46. The molecule has 0 aromatic heterocycles. The minimum absolute atomic E-state index is 0.0168. The fourth-order valence-corrected chi connectivity index (χ4v) is 4.56. The van der Waals surface area contributed by atoms with Crippen LogP contribution in [0.4, 0.5) is 0 Å². The van der Waals surface area contributed by atoms with Crippen LogP contribution >= 0.6 is 11.6 Å². The lowest BCUT2D eigenvalue weighted by atomic mass is 9.90. The highest BCUT2D eigenvalue weighted by Crippen LogP contribution is 2.28. The summed E-state index contributed by atoms with van der Waals surface area (Å²) < 4.78 is 39.1. The highest BCUT2D eigenvalue weighted by molar-refractivity contribution is 7.89. The van der Waals surface area contributed by atoms with Gasteiger partial charge in [-0.2, -0.15) is 0 Å². The van der Waals surface area contributed by atoms with E-state index in [9.17, 15) is 8.42 Å². The van der Waals surface area contributed by atoms with Crippen molar-refractivity contribution in [2.45, 2.75) is 49.3 Å². The molecule has 0 amide bonds. The maximum Gasteiger partial charge on any atom is 0.240 e. The Morgan fingerprint density at radius 2 is 1.91 bits per heavy atom. The molecular formula is C15H20ClNO4S. The van der Waals surface area contributed by atoms with E-state index >= 15 is 0 Å². The van der Waals surface area contributed by atoms with Crippen LogP contribution in [-0.2, 0) is 19.5 Å². The molecular weight excluding hydrogens is 326 g/mol. The van der Waals surface area contributed by atoms with Crippen molar-refractivity contribution in [2.75, 3.05) is 13.2 Å². The van der Waals surface area contributed by atoms with Gasteiger partial charge in [-0.25, -0.2) is 13.1 Å². The smallest absolute Gasteiger partial charge is 0.240 e. The van der Waals surface area contributed by atoms with E-state index in [1.165, 1.54) is 6.07 Å². The first kappa shape index (κ1) is 16.2. The van der Waals surface area contributed by atoms with E-state index < -0.39 is 10.0 Å². The number of aryl methyl sites for hydroxylation is 1. The van der Waals surface area contributed by atoms with Gasteiger partial charge < -0.3 is 9.47 Å². The quantitative estimate of drug-likeness (QED) is 0.912. The number of halogens is 1. The number of rotatable bonds is 3. The highest BCUT2D eigenvalue weighted by atomic mass is 35.5. The molecule has 0 unspecified atom stereocenters. The van der Waals surface area contributed by atoms with Crippen LogP contribution in [0.15, 0.2) is 23.1 Å². The first-order valence-electron chi connectivity index (χ1n) is 7.47. The van der Waals surface area contributed by atoms with Gasteiger partial charge in [0, 0.05) is 11.1 Å². The van der Waals surface area contributed by atoms with Crippen molar-refractivity contribution < 1.29 is 17.9 Å². The molecule has 2 fully saturated rings. The predicted octanol–water partition coefficient (Wildman–Crippen LogP) is 2.26. The van der Waals surface area contributed by atoms with E-state index in [4.69, 9.17) is 21.1 Å². The van der Waals surface area contributed by atoms with Crippen LogP contribution in [0.1, 0.15) is 24.8 Å². The second-order valence-electron chi connectivity index (χ2n) is 5.86. The minimum atomic E-state index is -3.57. The van der Waals surface area contributed by atoms with Gasteiger partial charge in [0.15, 0.2) is 0 Å². The molecule has 0 spiro atoms. The van der Waals surface area contributed by atoms with Crippen LogP contribution < -0.4 is 4.72 Å². The molecule has 1 N–H and O–H groups in total. The summed E-state index contributed by atoms with van der Waals surface area (Å²) in [6.07, 6.45) is 2.29. The summed E-state index contributed by atoms with van der Waals surface area (Å²) in [6.45, 7) is 3.04. The maximum atomic E-state index is 12.5. The van der Waals surface area contributed by atoms with Crippen molar-refractivity contribution in [3.63, 3.8) is 0 Å². The van der Waals surface area contributed by atoms with E-state index in [0.29, 0.717) is 24.7 Å². The van der Waals surface area contributed by atoms with Crippen LogP contribution in [0.3, 0.4) is 0 Å². The number of benzene rings is 1. The number of sulfonamides is 1. The molecule has 1 heterocycles. The van der Waals surface area contributed by atoms with Gasteiger partial charge >= 0.3 is 0 Å². The van der Waals surface area contributed by atoms with Crippen LogP contribution in [0.25, 0.3) is 0 Å². The Morgan fingerprint density at radius 1 is 1.18 bits per heavy atom. The molecule has 122 valence electrons. The summed E-state index contributed by atoms with van der Waals surface area (Å²) in [6, 6.07) is 4.65. The molecule has 1 aromatic carbocycles. The molecule has 0 bridgehead atoms. The predicted molar refractivity (Wildman–Crippen MR) is 83.6 cm³/mol. The van der Waals surface area contributed by atoms with Crippen molar-refractivity contribution in [1.29, 1.82) is 0 Å². The maximum absolute atomic E-state index is 12.5. The van der Waals surface area contributed by atoms with Crippen LogP contribution in [-0.4, -0.2) is 39.9 Å². The van der Waals surface area contributed by atoms with Crippen molar-refractivity contribution >= 4 is 21.6 Å². The zero-order valence-corrected chi connectivity index (χ0v) is 14.0. The lowest BCUT2D eigenvalue weighted by Crippen LogP contribution is -2.49. The van der Waals surface area contributed by atoms with Crippen LogP contribution in [0.2, 0.25) is 5.02 Å². The Morgan fingerprint density at radius 3 is 2.64 bits per heavy atom. The van der Waals surface area contributed by atoms with Gasteiger partial charge in [0.05, 0.1) is 30.3 Å². The summed E-state index contributed by atoms with van der Waals surface area (Å²) in [5.41, 5.74) is 0.855. The second kappa shape index (κ2) is 6.45. The normalized spacial score (nSPS) is 29.1. The molecule has 1 aromatic rings. The average molecular weight is 346 g/mol. The SMILES string of the molecule is Cc1ccc(S(=O)(=O)N[C@@H]2CC[C@@H]3OCCO[C@H]3C2)cc1Cl. The lowest BCUT2D eigenvalue weighted by Gasteiger charge is -2.38. The van der Waals surface area contributed by atoms with Crippen molar-refractivity contribution in [3.05, 3.63) is 28.8 Å². The molecule has 1 saturated carbocycles. The van der Waals surface area contributed by atoms with E-state index in [-0.39, 0.29) is 23.1 Å². The highest BCUT2D eigenvalue weighted by Gasteiger charge is 2.35. The van der Waals surface area contributed by atoms with Gasteiger partial charge in [-0.15, -0.1) is 0 Å². The topological polar surface area (TPSA) is 64.6 Å². The summed E-state index contributed by atoms with van der Waals surface area (Å²) in [7, 11) is -3.57. The Bertz CT molecular complexity index is 649. The van der Waals surface area contributed by atoms with Crippen LogP contribution in [0, 0.1) is 6.92 Å². The van der Waals surface area contributed by atoms with Crippen molar-refractivity contribution in [3.8, 4) is 0 Å². The van der Waals surface area contributed by atoms with E-state index in [1.54, 1.807) is 12.1 Å². The van der Waals surface area contributed by atoms with Crippen LogP contribution in [0.5, 0.6) is 0 Å². The van der Waals surface area contributed by atoms with Gasteiger partial charge in [-0.1, -0.05) is 17.7 Å². The fourth-order valence-electron chi connectivity index (χ4n) is 3.00. The number of hydrogen-bond acceptors (Lipinski definition) is 4. The molecule has 2 aliphatic rings. The number of ether oxygens (including phenoxy) is 2. The largest absolute Gasteiger partial charge is 0.373 e. The summed E-state index contributed by atoms with van der Waals surface area (Å²) in [5.74, 6) is 0. The van der Waals surface area contributed by atoms with Gasteiger partial charge in [0.2, 0.25) is 10.0 Å². The van der Waals surface area contributed by atoms with Gasteiger partial charge in [0.1, 0.15) is 0 Å². The Balaban J connectivity index is 1.70. The second-order valence-corrected chi connectivity index (χ2v) is 7.98. The zero-order valence-electron chi connectivity index (χ0n) is 12.4. The Labute approximate surface area is 136 Å². The molecule has 3 atom stereocenters. The Kier molecular flexibility index (Phi) is 4.75. The molecule has 7 heteroatoms. The third-order valence-corrected chi connectivity index (χ3v) is 6.18. The number of nitrogens with one attached hydrogen (secondary N) is 1. The standard InChI is InChI=1S/C15H20ClNO4S/c1-10-2-4-12(9-13(10)16)22(18,19)17-11-3-5-14-15(8-11)21-7-6-20-14/h2,4,9,11,14-15,17H,3,5-8H2,1H3/t11-,14+,15+/m1/s1. The third-order valence-electron chi connectivity index (χ3n) is 4.25. The first-order chi connectivity index (χ1) is 10.5. The lowest BCUT2D eigenvalue weighted by molar-refractivity contribution is -0.156. The van der Waals surface area contributed by atoms with Crippen molar-refractivity contribution in [2.24, 2.45) is 0 Å². The molecule has 1 saturated heterocycles. The summed E-state index contributed by atoms with van der Waals surface area (Å²) >= 11 is 6.03. The molecule has 22 heavy (non-hydrogen) atoms. The number of fused-ring (bicyclic) bond motifs is 1. The van der Waals surface area contributed by atoms with E-state index in [0.717, 1.165) is 18.4 Å². The number of hydrogen-bond donors (Lipinski definition) is 1. The molecule has 5 nitrogen and oxygen atoms in total. The molecule has 3 rings (SSSR count). The average Bonchev–Trinajstić information content (AvgIpc) is 2.49. The molecule has 1 aliphatic heterocycles. The van der Waals surface area contributed by atoms with Gasteiger partial charge in [0.25, 0.3) is 0 Å². The van der Waals surface area contributed by atoms with Gasteiger partial charge in [-0.3, -0.25) is 0 Å². The minimum Gasteiger partial charge on any atom is -0.373 e. The van der Waals surface area contributed by atoms with Crippen molar-refractivity contribution in [1.82, 2.24) is 4.72 Å². The Hall–Kier alpha value is -0.660. The molecule has 0 radical (unpaired) electrons. The fraction of sp³-hybridized carbons (Fsp3) is 0.600. The summed E-state index contributed by atoms with van der Waals surface area (Å²) in [4.78, 5) is 0.200. The van der Waals surface area contributed by atoms with E-state index in [2.05, 4.69) is 4.72 Å². The summed E-state index contributed by atoms with van der Waals surface area (Å²) in [5, 5.41) is 0.454. The zero-order chi connectivity index (χ0) is 15.7. The van der Waals surface area contributed by atoms with E-state index in [1.807, 2.05) is 6.92 Å². The first-order valence-corrected chi connectivity index (χ1v) is 9.33. The molecule has 1 aliphatic carbocycles. The van der Waals surface area contributed by atoms with Gasteiger partial charge in [-0.05, 0) is 43.9 Å².